The molecule has 0 aromatic rings. The zero-order valence-electron chi connectivity index (χ0n) is 16.0. The molecule has 0 bridgehead atoms. The molecule has 1 nitrogen and oxygen atoms in total. The second-order valence-electron chi connectivity index (χ2n) is 8.71. The van der Waals surface area contributed by atoms with Crippen LogP contribution in [0.5, 0.6) is 0 Å². The van der Waals surface area contributed by atoms with Crippen molar-refractivity contribution in [1.82, 2.24) is 5.32 Å². The van der Waals surface area contributed by atoms with Crippen molar-refractivity contribution in [2.24, 2.45) is 29.1 Å². The molecule has 0 saturated heterocycles. The standard InChI is InChI=1S/C22H37N/c1-9-19-21(22(19,7)8)16(5)17(6)23-20(15(4)14(2)3)13-18-11-10-12-18/h16,18-21,23H,2,4,6,9-13H2,1,3,5,7-8H3. The van der Waals surface area contributed by atoms with Gasteiger partial charge in [0.05, 0.1) is 6.04 Å². The van der Waals surface area contributed by atoms with Gasteiger partial charge in [-0.25, -0.2) is 0 Å². The highest BCUT2D eigenvalue weighted by Gasteiger charge is 2.58. The van der Waals surface area contributed by atoms with Gasteiger partial charge in [0.25, 0.3) is 0 Å². The van der Waals surface area contributed by atoms with Gasteiger partial charge in [0.2, 0.25) is 0 Å². The summed E-state index contributed by atoms with van der Waals surface area (Å²) in [6.45, 7) is 24.4. The summed E-state index contributed by atoms with van der Waals surface area (Å²) >= 11 is 0. The highest BCUT2D eigenvalue weighted by atomic mass is 14.9. The molecule has 0 aromatic heterocycles. The van der Waals surface area contributed by atoms with Gasteiger partial charge in [-0.05, 0) is 48.0 Å². The van der Waals surface area contributed by atoms with Gasteiger partial charge in [0.15, 0.2) is 0 Å². The van der Waals surface area contributed by atoms with Gasteiger partial charge >= 0.3 is 0 Å². The van der Waals surface area contributed by atoms with E-state index in [0.717, 1.165) is 28.9 Å². The van der Waals surface area contributed by atoms with Crippen LogP contribution in [-0.4, -0.2) is 6.04 Å². The van der Waals surface area contributed by atoms with Crippen LogP contribution < -0.4 is 5.32 Å². The second kappa shape index (κ2) is 6.87. The number of nitrogens with one attached hydrogen (secondary N) is 1. The monoisotopic (exact) mass is 315 g/mol. The fourth-order valence-corrected chi connectivity index (χ4v) is 4.78. The highest BCUT2D eigenvalue weighted by molar-refractivity contribution is 5.30. The summed E-state index contributed by atoms with van der Waals surface area (Å²) in [5.41, 5.74) is 3.92. The van der Waals surface area contributed by atoms with Crippen molar-refractivity contribution in [3.63, 3.8) is 0 Å². The number of hydrogen-bond acceptors (Lipinski definition) is 1. The third kappa shape index (κ3) is 3.75. The maximum atomic E-state index is 4.40. The summed E-state index contributed by atoms with van der Waals surface area (Å²) < 4.78 is 0. The van der Waals surface area contributed by atoms with E-state index >= 15 is 0 Å². The minimum atomic E-state index is 0.315. The van der Waals surface area contributed by atoms with Crippen LogP contribution in [0.3, 0.4) is 0 Å². The van der Waals surface area contributed by atoms with E-state index in [1.807, 2.05) is 0 Å². The lowest BCUT2D eigenvalue weighted by Gasteiger charge is -2.33. The van der Waals surface area contributed by atoms with Gasteiger partial charge in [-0.3, -0.25) is 0 Å². The van der Waals surface area contributed by atoms with Crippen molar-refractivity contribution in [2.75, 3.05) is 0 Å². The molecule has 0 heterocycles. The lowest BCUT2D eigenvalue weighted by Crippen LogP contribution is -2.36. The van der Waals surface area contributed by atoms with Crippen LogP contribution in [-0.2, 0) is 0 Å². The minimum absolute atomic E-state index is 0.315. The Morgan fingerprint density at radius 3 is 2.22 bits per heavy atom. The number of rotatable bonds is 9. The molecule has 0 aromatic carbocycles. The van der Waals surface area contributed by atoms with E-state index in [1.54, 1.807) is 0 Å². The minimum Gasteiger partial charge on any atom is -0.382 e. The molecule has 0 aliphatic heterocycles. The Hall–Kier alpha value is -0.980. The average Bonchev–Trinajstić information content (AvgIpc) is 3.00. The van der Waals surface area contributed by atoms with Gasteiger partial charge in [-0.15, -0.1) is 0 Å². The molecular formula is C22H37N. The number of allylic oxidation sites excluding steroid dienone is 1. The molecule has 0 radical (unpaired) electrons. The molecule has 4 unspecified atom stereocenters. The van der Waals surface area contributed by atoms with E-state index in [0.29, 0.717) is 17.4 Å². The van der Waals surface area contributed by atoms with Gasteiger partial charge in [0, 0.05) is 5.70 Å². The van der Waals surface area contributed by atoms with Crippen LogP contribution in [0.25, 0.3) is 0 Å². The molecule has 2 saturated carbocycles. The molecule has 130 valence electrons. The molecule has 0 spiro atoms. The van der Waals surface area contributed by atoms with Crippen molar-refractivity contribution in [2.45, 2.75) is 72.8 Å². The van der Waals surface area contributed by atoms with Crippen LogP contribution in [0.1, 0.15) is 66.7 Å². The van der Waals surface area contributed by atoms with Crippen LogP contribution in [0, 0.1) is 29.1 Å². The van der Waals surface area contributed by atoms with Crippen LogP contribution in [0.15, 0.2) is 36.6 Å². The fourth-order valence-electron chi connectivity index (χ4n) is 4.78. The Morgan fingerprint density at radius 1 is 1.22 bits per heavy atom. The molecule has 2 aliphatic rings. The van der Waals surface area contributed by atoms with E-state index in [1.165, 1.54) is 37.8 Å². The zero-order valence-corrected chi connectivity index (χ0v) is 16.0. The fraction of sp³-hybridized carbons (Fsp3) is 0.727. The normalized spacial score (nSPS) is 28.4. The first-order valence-corrected chi connectivity index (χ1v) is 9.50. The summed E-state index contributed by atoms with van der Waals surface area (Å²) in [4.78, 5) is 0. The summed E-state index contributed by atoms with van der Waals surface area (Å²) in [7, 11) is 0. The van der Waals surface area contributed by atoms with E-state index in [4.69, 9.17) is 0 Å². The van der Waals surface area contributed by atoms with E-state index in [-0.39, 0.29) is 0 Å². The van der Waals surface area contributed by atoms with Gasteiger partial charge < -0.3 is 5.32 Å². The molecule has 0 amide bonds. The Bertz CT molecular complexity index is 480. The van der Waals surface area contributed by atoms with E-state index < -0.39 is 0 Å². The Morgan fingerprint density at radius 2 is 1.83 bits per heavy atom. The lowest BCUT2D eigenvalue weighted by molar-refractivity contribution is 0.273. The van der Waals surface area contributed by atoms with Gasteiger partial charge in [-0.2, -0.15) is 0 Å². The van der Waals surface area contributed by atoms with Gasteiger partial charge in [-0.1, -0.05) is 78.7 Å². The Balaban J connectivity index is 1.99. The third-order valence-corrected chi connectivity index (χ3v) is 6.79. The molecule has 1 N–H and O–H groups in total. The van der Waals surface area contributed by atoms with Crippen LogP contribution in [0.4, 0.5) is 0 Å². The summed E-state index contributed by atoms with van der Waals surface area (Å²) in [5.74, 6) is 2.98. The quantitative estimate of drug-likeness (QED) is 0.507. The molecule has 2 rings (SSSR count). The first kappa shape index (κ1) is 18.4. The maximum absolute atomic E-state index is 4.40. The predicted octanol–water partition coefficient (Wildman–Crippen LogP) is 6.10. The molecule has 23 heavy (non-hydrogen) atoms. The van der Waals surface area contributed by atoms with E-state index in [9.17, 15) is 0 Å². The lowest BCUT2D eigenvalue weighted by atomic mass is 9.79. The van der Waals surface area contributed by atoms with Gasteiger partial charge in [0.1, 0.15) is 0 Å². The number of hydrogen-bond donors (Lipinski definition) is 1. The average molecular weight is 316 g/mol. The SMILES string of the molecule is C=C(C)C(=C)C(CC1CCC1)NC(=C)C(C)C1C(CC)C1(C)C. The highest BCUT2D eigenvalue weighted by Crippen LogP contribution is 2.64. The Labute approximate surface area is 144 Å². The van der Waals surface area contributed by atoms with Crippen molar-refractivity contribution >= 4 is 0 Å². The maximum Gasteiger partial charge on any atom is 0.0510 e. The van der Waals surface area contributed by atoms with Crippen molar-refractivity contribution in [3.8, 4) is 0 Å². The molecule has 2 fully saturated rings. The van der Waals surface area contributed by atoms with Crippen molar-refractivity contribution in [1.29, 1.82) is 0 Å². The molecule has 2 aliphatic carbocycles. The van der Waals surface area contributed by atoms with Crippen molar-refractivity contribution < 1.29 is 0 Å². The summed E-state index contributed by atoms with van der Waals surface area (Å²) in [6, 6.07) is 0.315. The first-order chi connectivity index (χ1) is 10.7. The third-order valence-electron chi connectivity index (χ3n) is 6.79. The Kier molecular flexibility index (Phi) is 5.48. The van der Waals surface area contributed by atoms with Crippen LogP contribution >= 0.6 is 0 Å². The molecule has 1 heteroatoms. The molecule has 4 atom stereocenters. The first-order valence-electron chi connectivity index (χ1n) is 9.50. The van der Waals surface area contributed by atoms with E-state index in [2.05, 4.69) is 59.7 Å². The zero-order chi connectivity index (χ0) is 17.4. The van der Waals surface area contributed by atoms with Crippen LogP contribution in [0.2, 0.25) is 0 Å². The summed E-state index contributed by atoms with van der Waals surface area (Å²) in [5, 5.41) is 3.75. The largest absolute Gasteiger partial charge is 0.382 e. The summed E-state index contributed by atoms with van der Waals surface area (Å²) in [6.07, 6.45) is 6.60. The second-order valence-corrected chi connectivity index (χ2v) is 8.71. The molecular weight excluding hydrogens is 278 g/mol. The predicted molar refractivity (Wildman–Crippen MR) is 102 cm³/mol. The topological polar surface area (TPSA) is 12.0 Å². The van der Waals surface area contributed by atoms with Crippen molar-refractivity contribution in [3.05, 3.63) is 36.6 Å². The smallest absolute Gasteiger partial charge is 0.0510 e.